The molecule has 1 aliphatic rings. The maximum absolute atomic E-state index is 13.5. The zero-order valence-corrected chi connectivity index (χ0v) is 29.3. The van der Waals surface area contributed by atoms with Crippen LogP contribution in [-0.4, -0.2) is 47.3 Å². The molecule has 13 heteroatoms. The highest BCUT2D eigenvalue weighted by atomic mass is 32.1. The SMILES string of the molecule is CCCCOC(=O)CC[C@H](NC(=O)c1ccc(-c2cc(C#N)cc(C3(C(C)C)C(C#N)=C(N)Oc4n[nH]c(C)c43)c2)s1)C(=O)OCCCC. The number of carbonyl (C=O) groups is 3. The highest BCUT2D eigenvalue weighted by Gasteiger charge is 2.51. The van der Waals surface area contributed by atoms with Crippen molar-refractivity contribution in [1.29, 1.82) is 10.5 Å². The van der Waals surface area contributed by atoms with Gasteiger partial charge in [-0.15, -0.1) is 16.4 Å². The summed E-state index contributed by atoms with van der Waals surface area (Å²) in [6.45, 7) is 10.2. The van der Waals surface area contributed by atoms with Crippen molar-refractivity contribution >= 4 is 29.2 Å². The Bertz CT molecular complexity index is 1810. The molecule has 2 aromatic heterocycles. The van der Waals surface area contributed by atoms with Gasteiger partial charge in [0.05, 0.1) is 40.7 Å². The molecule has 1 aliphatic heterocycles. The lowest BCUT2D eigenvalue weighted by molar-refractivity contribution is -0.147. The Labute approximate surface area is 290 Å². The number of nitrogens with one attached hydrogen (secondary N) is 2. The first-order valence-corrected chi connectivity index (χ1v) is 17.3. The van der Waals surface area contributed by atoms with Crippen molar-refractivity contribution in [2.45, 2.75) is 84.6 Å². The number of nitrogens with zero attached hydrogens (tertiary/aromatic N) is 3. The van der Waals surface area contributed by atoms with Crippen molar-refractivity contribution in [2.24, 2.45) is 11.7 Å². The van der Waals surface area contributed by atoms with Crippen molar-refractivity contribution in [1.82, 2.24) is 15.5 Å². The standard InChI is InChI=1S/C36H42N6O6S/c1-6-8-14-46-30(43)13-10-27(35(45)47-15-9-7-2)40-33(44)29-12-11-28(49-29)24-16-23(19-37)17-25(18-24)36(21(3)4)26(20-38)32(39)48-34-31(36)22(5)41-42-34/h11-12,16-18,21,27H,6-10,13-15,39H2,1-5H3,(H,40,44)(H,41,42)/t27-,36?/m0/s1. The molecular formula is C36H42N6O6S. The molecule has 4 N–H and O–H groups in total. The van der Waals surface area contributed by atoms with Gasteiger partial charge in [0.2, 0.25) is 11.8 Å². The van der Waals surface area contributed by atoms with Crippen LogP contribution in [0.1, 0.15) is 98.3 Å². The highest BCUT2D eigenvalue weighted by Crippen LogP contribution is 2.53. The van der Waals surface area contributed by atoms with Crippen molar-refractivity contribution in [3.8, 4) is 28.5 Å². The van der Waals surface area contributed by atoms with Gasteiger partial charge in [0.1, 0.15) is 17.7 Å². The van der Waals surface area contributed by atoms with E-state index in [1.807, 2.05) is 40.7 Å². The van der Waals surface area contributed by atoms with Crippen LogP contribution in [0.4, 0.5) is 0 Å². The van der Waals surface area contributed by atoms with Crippen molar-refractivity contribution < 1.29 is 28.6 Å². The van der Waals surface area contributed by atoms with Crippen molar-refractivity contribution in [3.05, 3.63) is 69.0 Å². The number of fused-ring (bicyclic) bond motifs is 1. The molecule has 0 saturated carbocycles. The normalized spacial score (nSPS) is 15.8. The molecule has 0 fully saturated rings. The van der Waals surface area contributed by atoms with Crippen LogP contribution in [0, 0.1) is 35.5 Å². The number of rotatable bonds is 15. The molecule has 49 heavy (non-hydrogen) atoms. The minimum Gasteiger partial charge on any atom is -0.466 e. The van der Waals surface area contributed by atoms with E-state index >= 15 is 0 Å². The lowest BCUT2D eigenvalue weighted by Gasteiger charge is -2.41. The second kappa shape index (κ2) is 16.3. The van der Waals surface area contributed by atoms with E-state index in [0.29, 0.717) is 50.7 Å². The quantitative estimate of drug-likeness (QED) is 0.128. The zero-order valence-electron chi connectivity index (χ0n) is 28.5. The van der Waals surface area contributed by atoms with Gasteiger partial charge in [-0.2, -0.15) is 10.5 Å². The molecule has 1 amide bonds. The van der Waals surface area contributed by atoms with Gasteiger partial charge in [-0.25, -0.2) is 4.79 Å². The number of benzene rings is 1. The van der Waals surface area contributed by atoms with E-state index in [0.717, 1.165) is 19.3 Å². The summed E-state index contributed by atoms with van der Waals surface area (Å²) < 4.78 is 16.3. The Hall–Kier alpha value is -5.14. The predicted octanol–water partition coefficient (Wildman–Crippen LogP) is 5.91. The van der Waals surface area contributed by atoms with Gasteiger partial charge in [-0.1, -0.05) is 40.5 Å². The fraction of sp³-hybridized carbons (Fsp3) is 0.444. The zero-order chi connectivity index (χ0) is 35.7. The lowest BCUT2D eigenvalue weighted by atomic mass is 9.61. The van der Waals surface area contributed by atoms with E-state index in [-0.39, 0.29) is 42.7 Å². The van der Waals surface area contributed by atoms with Gasteiger partial charge in [0, 0.05) is 17.0 Å². The van der Waals surface area contributed by atoms with Crippen LogP contribution in [0.15, 0.2) is 41.8 Å². The molecule has 1 aromatic carbocycles. The van der Waals surface area contributed by atoms with Crippen LogP contribution in [0.2, 0.25) is 0 Å². The first-order chi connectivity index (χ1) is 23.5. The highest BCUT2D eigenvalue weighted by molar-refractivity contribution is 7.17. The molecule has 0 spiro atoms. The van der Waals surface area contributed by atoms with E-state index in [2.05, 4.69) is 27.7 Å². The molecule has 2 atom stereocenters. The van der Waals surface area contributed by atoms with Gasteiger partial charge in [-0.3, -0.25) is 14.7 Å². The molecule has 3 aromatic rings. The number of ether oxygens (including phenoxy) is 3. The number of esters is 2. The number of unbranched alkanes of at least 4 members (excludes halogenated alkanes) is 2. The smallest absolute Gasteiger partial charge is 0.328 e. The molecule has 1 unspecified atom stereocenters. The average Bonchev–Trinajstić information content (AvgIpc) is 3.73. The van der Waals surface area contributed by atoms with Crippen LogP contribution in [0.25, 0.3) is 10.4 Å². The summed E-state index contributed by atoms with van der Waals surface area (Å²) in [5.41, 5.74) is 8.40. The van der Waals surface area contributed by atoms with E-state index in [4.69, 9.17) is 19.9 Å². The van der Waals surface area contributed by atoms with Crippen LogP contribution in [0.3, 0.4) is 0 Å². The molecule has 0 aliphatic carbocycles. The fourth-order valence-electron chi connectivity index (χ4n) is 6.00. The topological polar surface area (TPSA) is 193 Å². The van der Waals surface area contributed by atoms with Crippen molar-refractivity contribution in [3.63, 3.8) is 0 Å². The van der Waals surface area contributed by atoms with Gasteiger partial charge in [0.15, 0.2) is 0 Å². The summed E-state index contributed by atoms with van der Waals surface area (Å²) in [5.74, 6) is -1.59. The first-order valence-electron chi connectivity index (χ1n) is 16.4. The number of carbonyl (C=O) groups excluding carboxylic acids is 3. The summed E-state index contributed by atoms with van der Waals surface area (Å²) >= 11 is 1.18. The summed E-state index contributed by atoms with van der Waals surface area (Å²) in [6.07, 6.45) is 3.10. The van der Waals surface area contributed by atoms with E-state index in [9.17, 15) is 24.9 Å². The summed E-state index contributed by atoms with van der Waals surface area (Å²) in [5, 5.41) is 30.4. The number of nitriles is 2. The minimum absolute atomic E-state index is 0.0295. The van der Waals surface area contributed by atoms with Gasteiger partial charge >= 0.3 is 11.9 Å². The second-order valence-electron chi connectivity index (χ2n) is 12.2. The summed E-state index contributed by atoms with van der Waals surface area (Å²) in [7, 11) is 0. The average molecular weight is 687 g/mol. The first kappa shape index (κ1) is 36.7. The van der Waals surface area contributed by atoms with Gasteiger partial charge < -0.3 is 25.3 Å². The van der Waals surface area contributed by atoms with Crippen LogP contribution in [-0.2, 0) is 24.5 Å². The third-order valence-electron chi connectivity index (χ3n) is 8.50. The number of hydrogen-bond acceptors (Lipinski definition) is 11. The Morgan fingerprint density at radius 3 is 2.45 bits per heavy atom. The number of aromatic amines is 1. The van der Waals surface area contributed by atoms with Crippen molar-refractivity contribution in [2.75, 3.05) is 13.2 Å². The lowest BCUT2D eigenvalue weighted by Crippen LogP contribution is -2.42. The number of aryl methyl sites for hydroxylation is 1. The molecule has 258 valence electrons. The summed E-state index contributed by atoms with van der Waals surface area (Å²) in [4.78, 5) is 39.7. The number of allylic oxidation sites excluding steroid dienone is 1. The molecule has 4 rings (SSSR count). The minimum atomic E-state index is -1.09. The van der Waals surface area contributed by atoms with Gasteiger partial charge in [0.25, 0.3) is 5.91 Å². The number of H-pyrrole nitrogens is 1. The molecule has 12 nitrogen and oxygen atoms in total. The van der Waals surface area contributed by atoms with Crippen LogP contribution < -0.4 is 15.8 Å². The predicted molar refractivity (Wildman–Crippen MR) is 183 cm³/mol. The Balaban J connectivity index is 1.67. The Kier molecular flexibility index (Phi) is 12.2. The number of aromatic nitrogens is 2. The third kappa shape index (κ3) is 7.79. The maximum atomic E-state index is 13.5. The summed E-state index contributed by atoms with van der Waals surface area (Å²) in [6, 6.07) is 12.2. The number of amides is 1. The van der Waals surface area contributed by atoms with Crippen LogP contribution >= 0.6 is 11.3 Å². The van der Waals surface area contributed by atoms with Crippen LogP contribution in [0.5, 0.6) is 5.88 Å². The van der Waals surface area contributed by atoms with E-state index in [1.165, 1.54) is 11.3 Å². The fourth-order valence-corrected chi connectivity index (χ4v) is 6.90. The Morgan fingerprint density at radius 1 is 1.08 bits per heavy atom. The maximum Gasteiger partial charge on any atom is 0.328 e. The van der Waals surface area contributed by atoms with E-state index < -0.39 is 29.3 Å². The third-order valence-corrected chi connectivity index (χ3v) is 9.63. The molecule has 0 bridgehead atoms. The molecular weight excluding hydrogens is 644 g/mol. The number of nitrogens with two attached hydrogens (primary N) is 1. The number of hydrogen-bond donors (Lipinski definition) is 3. The monoisotopic (exact) mass is 686 g/mol. The number of thiophene rings is 1. The molecule has 0 saturated heterocycles. The largest absolute Gasteiger partial charge is 0.466 e. The van der Waals surface area contributed by atoms with E-state index in [1.54, 1.807) is 24.3 Å². The Morgan fingerprint density at radius 2 is 1.80 bits per heavy atom. The second-order valence-corrected chi connectivity index (χ2v) is 13.3. The molecule has 3 heterocycles. The van der Waals surface area contributed by atoms with Gasteiger partial charge in [-0.05, 0) is 73.6 Å². The molecule has 0 radical (unpaired) electrons.